The van der Waals surface area contributed by atoms with Gasteiger partial charge in [-0.25, -0.2) is 4.68 Å². The smallest absolute Gasteiger partial charge is 0.277 e. The van der Waals surface area contributed by atoms with Gasteiger partial charge in [0.15, 0.2) is 0 Å². The van der Waals surface area contributed by atoms with Gasteiger partial charge < -0.3 is 15.2 Å². The highest BCUT2D eigenvalue weighted by molar-refractivity contribution is 5.95. The fourth-order valence-corrected chi connectivity index (χ4v) is 1.94. The van der Waals surface area contributed by atoms with Crippen LogP contribution in [0, 0.1) is 5.41 Å². The van der Waals surface area contributed by atoms with Crippen molar-refractivity contribution in [2.75, 3.05) is 14.2 Å². The van der Waals surface area contributed by atoms with Crippen LogP contribution in [0.3, 0.4) is 0 Å². The molecule has 1 aromatic heterocycles. The van der Waals surface area contributed by atoms with E-state index in [9.17, 15) is 4.79 Å². The van der Waals surface area contributed by atoms with Gasteiger partial charge in [0.2, 0.25) is 0 Å². The Morgan fingerprint density at radius 3 is 2.57 bits per heavy atom. The van der Waals surface area contributed by atoms with Crippen LogP contribution >= 0.6 is 0 Å². The van der Waals surface area contributed by atoms with Crippen molar-refractivity contribution in [3.8, 4) is 22.8 Å². The summed E-state index contributed by atoms with van der Waals surface area (Å²) in [6, 6.07) is 6.73. The molecule has 0 saturated carbocycles. The molecular formula is C14H16N4O3. The Balaban J connectivity index is 2.67. The summed E-state index contributed by atoms with van der Waals surface area (Å²) in [5.41, 5.74) is 6.28. The standard InChI is InChI=1S/C14H16N4O3/c1-18-14(19)10(13(15)16)7-11(17-18)9-5-4-8(20-2)6-12(9)21-3/h4-7H,1-3H3,(H3,15,16). The molecule has 0 aliphatic heterocycles. The lowest BCUT2D eigenvalue weighted by Gasteiger charge is -2.11. The molecule has 0 fully saturated rings. The molecule has 21 heavy (non-hydrogen) atoms. The van der Waals surface area contributed by atoms with Crippen LogP contribution in [-0.2, 0) is 7.05 Å². The van der Waals surface area contributed by atoms with E-state index >= 15 is 0 Å². The number of amidine groups is 1. The number of nitrogen functional groups attached to an aromatic ring is 1. The lowest BCUT2D eigenvalue weighted by Crippen LogP contribution is -2.29. The topological polar surface area (TPSA) is 103 Å². The lowest BCUT2D eigenvalue weighted by molar-refractivity contribution is 0.395. The average Bonchev–Trinajstić information content (AvgIpc) is 2.48. The maximum Gasteiger partial charge on any atom is 0.277 e. The Hall–Kier alpha value is -2.83. The van der Waals surface area contributed by atoms with Gasteiger partial charge in [-0.2, -0.15) is 5.10 Å². The van der Waals surface area contributed by atoms with Crippen molar-refractivity contribution in [2.45, 2.75) is 0 Å². The minimum atomic E-state index is -0.418. The summed E-state index contributed by atoms with van der Waals surface area (Å²) in [5.74, 6) is 0.897. The summed E-state index contributed by atoms with van der Waals surface area (Å²) in [6.45, 7) is 0. The number of nitrogens with one attached hydrogen (secondary N) is 1. The van der Waals surface area contributed by atoms with Gasteiger partial charge in [-0.05, 0) is 18.2 Å². The number of aromatic nitrogens is 2. The quantitative estimate of drug-likeness (QED) is 0.638. The van der Waals surface area contributed by atoms with Gasteiger partial charge in [0.25, 0.3) is 5.56 Å². The van der Waals surface area contributed by atoms with Crippen LogP contribution < -0.4 is 20.8 Å². The number of rotatable bonds is 4. The molecule has 7 heteroatoms. The molecule has 0 radical (unpaired) electrons. The van der Waals surface area contributed by atoms with E-state index in [0.717, 1.165) is 4.68 Å². The number of nitrogens with zero attached hydrogens (tertiary/aromatic N) is 2. The minimum Gasteiger partial charge on any atom is -0.497 e. The zero-order chi connectivity index (χ0) is 15.6. The molecule has 110 valence electrons. The molecule has 0 spiro atoms. The van der Waals surface area contributed by atoms with Gasteiger partial charge in [-0.15, -0.1) is 0 Å². The van der Waals surface area contributed by atoms with E-state index in [0.29, 0.717) is 22.8 Å². The Labute approximate surface area is 121 Å². The van der Waals surface area contributed by atoms with Crippen molar-refractivity contribution < 1.29 is 9.47 Å². The van der Waals surface area contributed by atoms with Gasteiger partial charge >= 0.3 is 0 Å². The van der Waals surface area contributed by atoms with E-state index in [-0.39, 0.29) is 11.4 Å². The van der Waals surface area contributed by atoms with Crippen molar-refractivity contribution in [3.63, 3.8) is 0 Å². The Morgan fingerprint density at radius 1 is 1.29 bits per heavy atom. The molecule has 2 rings (SSSR count). The summed E-state index contributed by atoms with van der Waals surface area (Å²) in [6.07, 6.45) is 0. The number of nitrogens with two attached hydrogens (primary N) is 1. The zero-order valence-corrected chi connectivity index (χ0v) is 12.0. The monoisotopic (exact) mass is 288 g/mol. The van der Waals surface area contributed by atoms with Gasteiger partial charge in [-0.3, -0.25) is 10.2 Å². The van der Waals surface area contributed by atoms with Gasteiger partial charge in [0.1, 0.15) is 17.3 Å². The Bertz CT molecular complexity index is 752. The summed E-state index contributed by atoms with van der Waals surface area (Å²) in [7, 11) is 4.60. The molecule has 7 nitrogen and oxygen atoms in total. The van der Waals surface area contributed by atoms with E-state index in [2.05, 4.69) is 5.10 Å². The number of hydrogen-bond donors (Lipinski definition) is 2. The number of ether oxygens (including phenoxy) is 2. The minimum absolute atomic E-state index is 0.0976. The number of hydrogen-bond acceptors (Lipinski definition) is 5. The van der Waals surface area contributed by atoms with Crippen molar-refractivity contribution >= 4 is 5.84 Å². The first-order valence-corrected chi connectivity index (χ1v) is 6.13. The van der Waals surface area contributed by atoms with E-state index in [1.807, 2.05) is 0 Å². The largest absolute Gasteiger partial charge is 0.497 e. The maximum atomic E-state index is 11.9. The van der Waals surface area contributed by atoms with Crippen molar-refractivity contribution in [1.29, 1.82) is 5.41 Å². The highest BCUT2D eigenvalue weighted by Crippen LogP contribution is 2.31. The van der Waals surface area contributed by atoms with E-state index in [4.69, 9.17) is 20.6 Å². The molecule has 0 unspecified atom stereocenters. The van der Waals surface area contributed by atoms with E-state index in [1.165, 1.54) is 20.2 Å². The fraction of sp³-hybridized carbons (Fsp3) is 0.214. The molecule has 0 atom stereocenters. The van der Waals surface area contributed by atoms with E-state index in [1.54, 1.807) is 25.3 Å². The summed E-state index contributed by atoms with van der Waals surface area (Å²) in [5, 5.41) is 11.7. The summed E-state index contributed by atoms with van der Waals surface area (Å²) >= 11 is 0. The normalized spacial score (nSPS) is 10.2. The average molecular weight is 288 g/mol. The predicted octanol–water partition coefficient (Wildman–Crippen LogP) is 0.749. The van der Waals surface area contributed by atoms with Crippen molar-refractivity contribution in [1.82, 2.24) is 9.78 Å². The van der Waals surface area contributed by atoms with Crippen LogP contribution in [-0.4, -0.2) is 29.8 Å². The predicted molar refractivity (Wildman–Crippen MR) is 79.0 cm³/mol. The molecule has 0 bridgehead atoms. The number of methoxy groups -OCH3 is 2. The van der Waals surface area contributed by atoms with Crippen molar-refractivity contribution in [2.24, 2.45) is 12.8 Å². The second kappa shape index (κ2) is 5.66. The molecule has 0 aliphatic carbocycles. The third-order valence-corrected chi connectivity index (χ3v) is 3.04. The second-order valence-corrected chi connectivity index (χ2v) is 4.35. The molecule has 1 heterocycles. The molecule has 2 aromatic rings. The second-order valence-electron chi connectivity index (χ2n) is 4.35. The molecule has 0 amide bonds. The molecule has 1 aromatic carbocycles. The number of benzene rings is 1. The third-order valence-electron chi connectivity index (χ3n) is 3.04. The first-order chi connectivity index (χ1) is 9.97. The van der Waals surface area contributed by atoms with Crippen LogP contribution in [0.15, 0.2) is 29.1 Å². The van der Waals surface area contributed by atoms with Gasteiger partial charge in [-0.1, -0.05) is 0 Å². The van der Waals surface area contributed by atoms with Crippen LogP contribution in [0.4, 0.5) is 0 Å². The molecule has 0 saturated heterocycles. The van der Waals surface area contributed by atoms with Crippen LogP contribution in [0.2, 0.25) is 0 Å². The highest BCUT2D eigenvalue weighted by Gasteiger charge is 2.14. The molecule has 3 N–H and O–H groups in total. The number of aryl methyl sites for hydroxylation is 1. The third kappa shape index (κ3) is 2.71. The van der Waals surface area contributed by atoms with Gasteiger partial charge in [0.05, 0.1) is 25.5 Å². The highest BCUT2D eigenvalue weighted by atomic mass is 16.5. The van der Waals surface area contributed by atoms with E-state index < -0.39 is 5.56 Å². The van der Waals surface area contributed by atoms with Crippen LogP contribution in [0.5, 0.6) is 11.5 Å². The SMILES string of the molecule is COc1ccc(-c2cc(C(=N)N)c(=O)n(C)n2)c(OC)c1. The zero-order valence-electron chi connectivity index (χ0n) is 12.0. The van der Waals surface area contributed by atoms with Crippen molar-refractivity contribution in [3.05, 3.63) is 40.2 Å². The van der Waals surface area contributed by atoms with Crippen LogP contribution in [0.25, 0.3) is 11.3 Å². The lowest BCUT2D eigenvalue weighted by atomic mass is 10.1. The Kier molecular flexibility index (Phi) is 3.93. The molecular weight excluding hydrogens is 272 g/mol. The summed E-state index contributed by atoms with van der Waals surface area (Å²) in [4.78, 5) is 11.9. The Morgan fingerprint density at radius 2 is 2.00 bits per heavy atom. The first kappa shape index (κ1) is 14.6. The van der Waals surface area contributed by atoms with Crippen LogP contribution in [0.1, 0.15) is 5.56 Å². The van der Waals surface area contributed by atoms with Gasteiger partial charge in [0, 0.05) is 18.7 Å². The summed E-state index contributed by atoms with van der Waals surface area (Å²) < 4.78 is 11.6. The maximum absolute atomic E-state index is 11.9. The fourth-order valence-electron chi connectivity index (χ4n) is 1.94. The molecule has 0 aliphatic rings. The first-order valence-electron chi connectivity index (χ1n) is 6.13.